The van der Waals surface area contributed by atoms with E-state index in [9.17, 15) is 9.90 Å². The zero-order chi connectivity index (χ0) is 22.5. The maximum absolute atomic E-state index is 12.3. The number of phenols is 1. The molecule has 0 bridgehead atoms. The van der Waals surface area contributed by atoms with E-state index in [2.05, 4.69) is 39.3 Å². The van der Waals surface area contributed by atoms with E-state index in [-0.39, 0.29) is 11.7 Å². The van der Waals surface area contributed by atoms with Crippen molar-refractivity contribution < 1.29 is 9.90 Å². The van der Waals surface area contributed by atoms with E-state index in [1.54, 1.807) is 24.4 Å². The van der Waals surface area contributed by atoms with Crippen LogP contribution in [-0.2, 0) is 6.42 Å². The van der Waals surface area contributed by atoms with Crippen molar-refractivity contribution in [2.24, 2.45) is 5.92 Å². The summed E-state index contributed by atoms with van der Waals surface area (Å²) in [5.41, 5.74) is 3.62. The fourth-order valence-corrected chi connectivity index (χ4v) is 3.79. The lowest BCUT2D eigenvalue weighted by Gasteiger charge is -2.30. The monoisotopic (exact) mass is 431 g/mol. The van der Waals surface area contributed by atoms with Crippen molar-refractivity contribution in [3.63, 3.8) is 0 Å². The second-order valence-corrected chi connectivity index (χ2v) is 8.45. The molecule has 1 amide bonds. The molecule has 0 atom stereocenters. The zero-order valence-electron chi connectivity index (χ0n) is 18.5. The minimum atomic E-state index is -0.0646. The van der Waals surface area contributed by atoms with Gasteiger partial charge in [-0.1, -0.05) is 13.8 Å². The number of carbonyl (C=O) groups is 1. The van der Waals surface area contributed by atoms with E-state index < -0.39 is 0 Å². The smallest absolute Gasteiger partial charge is 0.251 e. The van der Waals surface area contributed by atoms with Crippen LogP contribution in [0.4, 0.5) is 23.1 Å². The molecule has 2 heterocycles. The first-order valence-corrected chi connectivity index (χ1v) is 11.1. The quantitative estimate of drug-likeness (QED) is 0.498. The SMILES string of the molecule is CC(C)CCNC(=O)c1ccc(Nc2nccc(N3CCCc4cc(O)ccc43)n2)cc1. The predicted octanol–water partition coefficient (Wildman–Crippen LogP) is 4.79. The predicted molar refractivity (Wildman–Crippen MR) is 127 cm³/mol. The number of aromatic nitrogens is 2. The summed E-state index contributed by atoms with van der Waals surface area (Å²) in [4.78, 5) is 23.4. The van der Waals surface area contributed by atoms with Gasteiger partial charge in [-0.25, -0.2) is 4.98 Å². The fraction of sp³-hybridized carbons (Fsp3) is 0.320. The van der Waals surface area contributed by atoms with Crippen molar-refractivity contribution in [1.82, 2.24) is 15.3 Å². The Labute approximate surface area is 188 Å². The van der Waals surface area contributed by atoms with Gasteiger partial charge in [-0.2, -0.15) is 4.98 Å². The Hall–Kier alpha value is -3.61. The summed E-state index contributed by atoms with van der Waals surface area (Å²) in [6.07, 6.45) is 4.62. The van der Waals surface area contributed by atoms with Gasteiger partial charge in [0, 0.05) is 36.2 Å². The minimum Gasteiger partial charge on any atom is -0.508 e. The first-order chi connectivity index (χ1) is 15.5. The Morgan fingerprint density at radius 2 is 1.97 bits per heavy atom. The first-order valence-electron chi connectivity index (χ1n) is 11.1. The van der Waals surface area contributed by atoms with Gasteiger partial charge < -0.3 is 20.6 Å². The second-order valence-electron chi connectivity index (χ2n) is 8.45. The van der Waals surface area contributed by atoms with Crippen LogP contribution in [0.25, 0.3) is 0 Å². The van der Waals surface area contributed by atoms with Crippen molar-refractivity contribution in [2.45, 2.75) is 33.1 Å². The van der Waals surface area contributed by atoms with Crippen LogP contribution in [0.5, 0.6) is 5.75 Å². The van der Waals surface area contributed by atoms with Crippen LogP contribution < -0.4 is 15.5 Å². The lowest BCUT2D eigenvalue weighted by molar-refractivity contribution is 0.0952. The Bertz CT molecular complexity index is 1080. The van der Waals surface area contributed by atoms with E-state index >= 15 is 0 Å². The molecule has 0 unspecified atom stereocenters. The Kier molecular flexibility index (Phi) is 6.54. The third kappa shape index (κ3) is 5.17. The van der Waals surface area contributed by atoms with Crippen LogP contribution in [-0.4, -0.2) is 34.1 Å². The number of fused-ring (bicyclic) bond motifs is 1. The molecule has 1 aromatic heterocycles. The number of anilines is 4. The van der Waals surface area contributed by atoms with Crippen LogP contribution in [0.2, 0.25) is 0 Å². The van der Waals surface area contributed by atoms with E-state index in [1.807, 2.05) is 30.3 Å². The molecule has 0 saturated carbocycles. The number of hydrogen-bond acceptors (Lipinski definition) is 6. The zero-order valence-corrected chi connectivity index (χ0v) is 18.5. The number of nitrogens with one attached hydrogen (secondary N) is 2. The normalized spacial score (nSPS) is 13.0. The van der Waals surface area contributed by atoms with E-state index in [0.29, 0.717) is 24.0 Å². The highest BCUT2D eigenvalue weighted by molar-refractivity contribution is 5.94. The third-order valence-corrected chi connectivity index (χ3v) is 5.51. The molecule has 7 nitrogen and oxygen atoms in total. The molecule has 3 aromatic rings. The highest BCUT2D eigenvalue weighted by Crippen LogP contribution is 2.34. The molecule has 0 spiro atoms. The molecule has 4 rings (SSSR count). The molecule has 32 heavy (non-hydrogen) atoms. The number of rotatable bonds is 7. The molecule has 1 aliphatic rings. The van der Waals surface area contributed by atoms with E-state index in [4.69, 9.17) is 0 Å². The largest absolute Gasteiger partial charge is 0.508 e. The Morgan fingerprint density at radius 1 is 1.16 bits per heavy atom. The molecule has 166 valence electrons. The summed E-state index contributed by atoms with van der Waals surface area (Å²) in [7, 11) is 0. The fourth-order valence-electron chi connectivity index (χ4n) is 3.79. The number of phenolic OH excluding ortho intramolecular Hbond substituents is 1. The Morgan fingerprint density at radius 3 is 2.75 bits per heavy atom. The summed E-state index contributed by atoms with van der Waals surface area (Å²) in [5, 5.41) is 16.0. The summed E-state index contributed by atoms with van der Waals surface area (Å²) < 4.78 is 0. The van der Waals surface area contributed by atoms with Crippen molar-refractivity contribution in [3.05, 3.63) is 65.9 Å². The molecule has 0 fully saturated rings. The second kappa shape index (κ2) is 9.68. The van der Waals surface area contributed by atoms with Crippen molar-refractivity contribution in [3.8, 4) is 5.75 Å². The summed E-state index contributed by atoms with van der Waals surface area (Å²) >= 11 is 0. The summed E-state index contributed by atoms with van der Waals surface area (Å²) in [6, 6.07) is 14.6. The van der Waals surface area contributed by atoms with Crippen molar-refractivity contribution in [2.75, 3.05) is 23.3 Å². The molecule has 3 N–H and O–H groups in total. The maximum Gasteiger partial charge on any atom is 0.251 e. The van der Waals surface area contributed by atoms with Crippen LogP contribution in [0.15, 0.2) is 54.7 Å². The topological polar surface area (TPSA) is 90.4 Å². The van der Waals surface area contributed by atoms with Gasteiger partial charge >= 0.3 is 0 Å². The standard InChI is InChI=1S/C25H29N5O2/c1-17(2)11-13-26-24(32)18-5-7-20(8-6-18)28-25-27-14-12-23(29-25)30-15-3-4-19-16-21(31)9-10-22(19)30/h5-10,12,14,16-17,31H,3-4,11,13,15H2,1-2H3,(H,26,32)(H,27,28,29). The lowest BCUT2D eigenvalue weighted by atomic mass is 10.0. The number of benzene rings is 2. The van der Waals surface area contributed by atoms with Crippen LogP contribution in [0.3, 0.4) is 0 Å². The van der Waals surface area contributed by atoms with E-state index in [0.717, 1.165) is 48.6 Å². The number of carbonyl (C=O) groups excluding carboxylic acids is 1. The highest BCUT2D eigenvalue weighted by Gasteiger charge is 2.20. The highest BCUT2D eigenvalue weighted by atomic mass is 16.3. The summed E-state index contributed by atoms with van der Waals surface area (Å²) in [5.74, 6) is 2.07. The third-order valence-electron chi connectivity index (χ3n) is 5.51. The average molecular weight is 432 g/mol. The number of nitrogens with zero attached hydrogens (tertiary/aromatic N) is 3. The molecule has 0 aliphatic carbocycles. The number of aromatic hydroxyl groups is 1. The lowest BCUT2D eigenvalue weighted by Crippen LogP contribution is -2.25. The van der Waals surface area contributed by atoms with Gasteiger partial charge in [-0.3, -0.25) is 4.79 Å². The van der Waals surface area contributed by atoms with Gasteiger partial charge in [0.1, 0.15) is 11.6 Å². The van der Waals surface area contributed by atoms with Gasteiger partial charge in [-0.05, 0) is 79.3 Å². The van der Waals surface area contributed by atoms with Crippen molar-refractivity contribution >= 4 is 29.0 Å². The summed E-state index contributed by atoms with van der Waals surface area (Å²) in [6.45, 7) is 5.81. The molecular formula is C25H29N5O2. The molecule has 1 aliphatic heterocycles. The minimum absolute atomic E-state index is 0.0646. The molecular weight excluding hydrogens is 402 g/mol. The van der Waals surface area contributed by atoms with Gasteiger partial charge in [0.2, 0.25) is 5.95 Å². The molecule has 0 saturated heterocycles. The number of aryl methyl sites for hydroxylation is 1. The Balaban J connectivity index is 1.44. The number of amides is 1. The number of hydrogen-bond donors (Lipinski definition) is 3. The average Bonchev–Trinajstić information content (AvgIpc) is 2.79. The molecule has 7 heteroatoms. The van der Waals surface area contributed by atoms with Crippen LogP contribution in [0.1, 0.15) is 42.6 Å². The maximum atomic E-state index is 12.3. The van der Waals surface area contributed by atoms with Gasteiger partial charge in [0.05, 0.1) is 0 Å². The van der Waals surface area contributed by atoms with E-state index in [1.165, 1.54) is 0 Å². The molecule has 2 aromatic carbocycles. The van der Waals surface area contributed by atoms with Crippen LogP contribution in [0, 0.1) is 5.92 Å². The van der Waals surface area contributed by atoms with Crippen LogP contribution >= 0.6 is 0 Å². The molecule has 0 radical (unpaired) electrons. The van der Waals surface area contributed by atoms with Gasteiger partial charge in [0.15, 0.2) is 0 Å². The first kappa shape index (κ1) is 21.6. The van der Waals surface area contributed by atoms with Gasteiger partial charge in [0.25, 0.3) is 5.91 Å². The van der Waals surface area contributed by atoms with Gasteiger partial charge in [-0.15, -0.1) is 0 Å². The van der Waals surface area contributed by atoms with Crippen molar-refractivity contribution in [1.29, 1.82) is 0 Å².